The summed E-state index contributed by atoms with van der Waals surface area (Å²) in [4.78, 5) is 9.49. The van der Waals surface area contributed by atoms with Gasteiger partial charge in [0.2, 0.25) is 5.69 Å². The van der Waals surface area contributed by atoms with E-state index in [9.17, 15) is 0 Å². The van der Waals surface area contributed by atoms with Gasteiger partial charge in [-0.1, -0.05) is 24.3 Å². The maximum absolute atomic E-state index is 4.77. The molecule has 4 heteroatoms. The number of imidazole rings is 1. The molecule has 104 valence electrons. The van der Waals surface area contributed by atoms with Crippen LogP contribution in [0.2, 0.25) is 0 Å². The van der Waals surface area contributed by atoms with E-state index in [0.717, 1.165) is 40.2 Å². The largest absolute Gasteiger partial charge is 0.332 e. The van der Waals surface area contributed by atoms with Gasteiger partial charge >= 0.3 is 5.84 Å². The minimum absolute atomic E-state index is 0.883. The molecule has 5 rings (SSSR count). The minimum Gasteiger partial charge on any atom is -0.300 e. The van der Waals surface area contributed by atoms with E-state index < -0.39 is 0 Å². The summed E-state index contributed by atoms with van der Waals surface area (Å²) in [5.74, 6) is 0.905. The highest BCUT2D eigenvalue weighted by Crippen LogP contribution is 2.33. The van der Waals surface area contributed by atoms with Crippen LogP contribution in [0.4, 0.5) is 11.4 Å². The SMILES string of the molecule is C1=CCc2nc3n(c2=C1)C=CC=[N+]1C(=Nc2ccccc21)C=3. The van der Waals surface area contributed by atoms with Crippen molar-refractivity contribution in [3.05, 3.63) is 59.0 Å². The molecular weight excluding hydrogens is 272 g/mol. The normalized spacial score (nSPS) is 16.9. The van der Waals surface area contributed by atoms with Gasteiger partial charge in [0.05, 0.1) is 23.3 Å². The second-order valence-electron chi connectivity index (χ2n) is 5.43. The van der Waals surface area contributed by atoms with Gasteiger partial charge < -0.3 is 0 Å². The van der Waals surface area contributed by atoms with Gasteiger partial charge in [-0.15, -0.1) is 0 Å². The molecule has 1 aromatic heterocycles. The zero-order valence-corrected chi connectivity index (χ0v) is 11.8. The lowest BCUT2D eigenvalue weighted by molar-refractivity contribution is -0.289. The van der Waals surface area contributed by atoms with E-state index in [1.165, 1.54) is 0 Å². The Labute approximate surface area is 127 Å². The number of rotatable bonds is 0. The summed E-state index contributed by atoms with van der Waals surface area (Å²) in [7, 11) is 0. The predicted molar refractivity (Wildman–Crippen MR) is 88.1 cm³/mol. The number of benzene rings is 1. The lowest BCUT2D eigenvalue weighted by Crippen LogP contribution is -2.27. The van der Waals surface area contributed by atoms with E-state index in [1.807, 2.05) is 30.4 Å². The maximum Gasteiger partial charge on any atom is 0.332 e. The highest BCUT2D eigenvalue weighted by molar-refractivity contribution is 6.09. The molecule has 22 heavy (non-hydrogen) atoms. The fourth-order valence-electron chi connectivity index (χ4n) is 3.08. The van der Waals surface area contributed by atoms with Crippen LogP contribution < -0.4 is 10.8 Å². The van der Waals surface area contributed by atoms with E-state index in [4.69, 9.17) is 9.98 Å². The van der Waals surface area contributed by atoms with Crippen LogP contribution in [0, 0.1) is 0 Å². The number of hydrogen-bond donors (Lipinski definition) is 0. The molecule has 0 fully saturated rings. The van der Waals surface area contributed by atoms with Crippen molar-refractivity contribution in [2.75, 3.05) is 0 Å². The molecule has 3 aliphatic rings. The summed E-state index contributed by atoms with van der Waals surface area (Å²) < 4.78 is 4.23. The van der Waals surface area contributed by atoms with Crippen LogP contribution in [-0.4, -0.2) is 26.2 Å². The Morgan fingerprint density at radius 3 is 3.09 bits per heavy atom. The fraction of sp³-hybridized carbons (Fsp3) is 0.0556. The average Bonchev–Trinajstić information content (AvgIpc) is 3.04. The third kappa shape index (κ3) is 1.55. The average molecular weight is 285 g/mol. The molecular formula is C18H13N4+. The molecule has 4 nitrogen and oxygen atoms in total. The number of fused-ring (bicyclic) bond motifs is 6. The highest BCUT2D eigenvalue weighted by atomic mass is 15.2. The first-order valence-corrected chi connectivity index (χ1v) is 7.34. The molecule has 0 spiro atoms. The van der Waals surface area contributed by atoms with E-state index in [0.29, 0.717) is 0 Å². The van der Waals surface area contributed by atoms with Crippen LogP contribution in [-0.2, 0) is 6.42 Å². The number of allylic oxidation sites excluding steroid dienone is 3. The molecule has 0 amide bonds. The van der Waals surface area contributed by atoms with Gasteiger partial charge in [-0.05, 0) is 29.3 Å². The number of amidine groups is 1. The number of para-hydroxylation sites is 2. The van der Waals surface area contributed by atoms with Crippen LogP contribution in [0.5, 0.6) is 0 Å². The summed E-state index contributed by atoms with van der Waals surface area (Å²) in [6.07, 6.45) is 15.4. The first kappa shape index (κ1) is 11.6. The second kappa shape index (κ2) is 4.24. The van der Waals surface area contributed by atoms with Crippen molar-refractivity contribution in [2.45, 2.75) is 6.42 Å². The first-order chi connectivity index (χ1) is 10.9. The number of nitrogens with zero attached hydrogens (tertiary/aromatic N) is 4. The summed E-state index contributed by atoms with van der Waals surface area (Å²) >= 11 is 0. The van der Waals surface area contributed by atoms with Gasteiger partial charge in [-0.3, -0.25) is 4.57 Å². The van der Waals surface area contributed by atoms with Gasteiger partial charge in [-0.2, -0.15) is 4.58 Å². The van der Waals surface area contributed by atoms with Gasteiger partial charge in [0, 0.05) is 12.6 Å². The molecule has 1 aliphatic carbocycles. The molecule has 0 saturated carbocycles. The van der Waals surface area contributed by atoms with Crippen molar-refractivity contribution in [1.82, 2.24) is 9.55 Å². The van der Waals surface area contributed by atoms with Gasteiger partial charge in [0.1, 0.15) is 5.48 Å². The van der Waals surface area contributed by atoms with Crippen molar-refractivity contribution in [3.8, 4) is 0 Å². The fourth-order valence-corrected chi connectivity index (χ4v) is 3.08. The molecule has 1 aromatic carbocycles. The summed E-state index contributed by atoms with van der Waals surface area (Å²) in [5.41, 5.74) is 4.14. The smallest absolute Gasteiger partial charge is 0.300 e. The van der Waals surface area contributed by atoms with Crippen molar-refractivity contribution in [1.29, 1.82) is 0 Å². The van der Waals surface area contributed by atoms with Gasteiger partial charge in [-0.25, -0.2) is 4.98 Å². The maximum atomic E-state index is 4.77. The predicted octanol–water partition coefficient (Wildman–Crippen LogP) is 1.50. The topological polar surface area (TPSA) is 33.2 Å². The molecule has 0 unspecified atom stereocenters. The van der Waals surface area contributed by atoms with Crippen LogP contribution in [0.25, 0.3) is 18.4 Å². The van der Waals surface area contributed by atoms with Crippen molar-refractivity contribution < 1.29 is 4.58 Å². The van der Waals surface area contributed by atoms with E-state index >= 15 is 0 Å². The Bertz CT molecular complexity index is 1050. The number of aromatic nitrogens is 2. The summed E-state index contributed by atoms with van der Waals surface area (Å²) in [6, 6.07) is 8.17. The molecule has 2 aliphatic heterocycles. The summed E-state index contributed by atoms with van der Waals surface area (Å²) in [6.45, 7) is 0. The quantitative estimate of drug-likeness (QED) is 0.675. The molecule has 0 bridgehead atoms. The van der Waals surface area contributed by atoms with Crippen LogP contribution >= 0.6 is 0 Å². The van der Waals surface area contributed by atoms with Crippen LogP contribution in [0.1, 0.15) is 5.69 Å². The van der Waals surface area contributed by atoms with Crippen molar-refractivity contribution in [3.63, 3.8) is 0 Å². The lowest BCUT2D eigenvalue weighted by Gasteiger charge is -2.01. The molecule has 2 aromatic rings. The molecule has 0 radical (unpaired) electrons. The van der Waals surface area contributed by atoms with Crippen molar-refractivity contribution in [2.24, 2.45) is 4.99 Å². The third-order valence-electron chi connectivity index (χ3n) is 4.10. The Kier molecular flexibility index (Phi) is 2.24. The van der Waals surface area contributed by atoms with Gasteiger partial charge in [0.25, 0.3) is 0 Å². The highest BCUT2D eigenvalue weighted by Gasteiger charge is 2.28. The zero-order chi connectivity index (χ0) is 14.5. The van der Waals surface area contributed by atoms with E-state index in [1.54, 1.807) is 0 Å². The Hall–Kier alpha value is -3.01. The molecule has 0 N–H and O–H groups in total. The molecule has 3 heterocycles. The van der Waals surface area contributed by atoms with Crippen molar-refractivity contribution >= 4 is 41.8 Å². The number of aliphatic imine (C=N–C) groups is 1. The minimum atomic E-state index is 0.883. The standard InChI is InChI=1S/C18H13N4/c1-3-8-15-13(6-1)19-17-12-18-20-14-7-2-4-9-16(14)22(18)11-5-10-21(15)17/h1-6,8-12H,7H2/q+1. The van der Waals surface area contributed by atoms with Crippen LogP contribution in [0.15, 0.2) is 47.5 Å². The van der Waals surface area contributed by atoms with Crippen LogP contribution in [0.3, 0.4) is 0 Å². The van der Waals surface area contributed by atoms with E-state index in [2.05, 4.69) is 45.9 Å². The zero-order valence-electron chi connectivity index (χ0n) is 11.8. The first-order valence-electron chi connectivity index (χ1n) is 7.34. The molecule has 0 saturated heterocycles. The monoisotopic (exact) mass is 285 g/mol. The van der Waals surface area contributed by atoms with E-state index in [-0.39, 0.29) is 0 Å². The Balaban J connectivity index is 1.80. The third-order valence-corrected chi connectivity index (χ3v) is 4.10. The summed E-state index contributed by atoms with van der Waals surface area (Å²) in [5, 5.41) is 1.16. The molecule has 0 atom stereocenters. The van der Waals surface area contributed by atoms with Gasteiger partial charge in [0.15, 0.2) is 5.69 Å². The Morgan fingerprint density at radius 2 is 2.09 bits per heavy atom. The second-order valence-corrected chi connectivity index (χ2v) is 5.43. The lowest BCUT2D eigenvalue weighted by atomic mass is 10.2. The number of hydrogen-bond acceptors (Lipinski definition) is 2. The Morgan fingerprint density at radius 1 is 1.14 bits per heavy atom.